The third-order valence-corrected chi connectivity index (χ3v) is 3.31. The topological polar surface area (TPSA) is 69.6 Å². The van der Waals surface area contributed by atoms with Crippen molar-refractivity contribution in [3.8, 4) is 11.4 Å². The fourth-order valence-electron chi connectivity index (χ4n) is 1.76. The second-order valence-electron chi connectivity index (χ2n) is 5.18. The average Bonchev–Trinajstić information content (AvgIpc) is 2.75. The Hall–Kier alpha value is -1.98. The SMILES string of the molecule is CC(C)C(C)Cn1nnnc1-c1cc(N)cc(F)c1. The third kappa shape index (κ3) is 3.07. The van der Waals surface area contributed by atoms with Crippen molar-refractivity contribution in [2.75, 3.05) is 5.73 Å². The largest absolute Gasteiger partial charge is 0.399 e. The molecule has 1 atom stereocenters. The van der Waals surface area contributed by atoms with Gasteiger partial charge in [-0.05, 0) is 40.5 Å². The normalized spacial score (nSPS) is 12.9. The third-order valence-electron chi connectivity index (χ3n) is 3.31. The second-order valence-corrected chi connectivity index (χ2v) is 5.18. The van der Waals surface area contributed by atoms with Crippen molar-refractivity contribution >= 4 is 5.69 Å². The number of nitrogen functional groups attached to an aromatic ring is 1. The van der Waals surface area contributed by atoms with Crippen LogP contribution in [0, 0.1) is 17.7 Å². The summed E-state index contributed by atoms with van der Waals surface area (Å²) in [5.74, 6) is 1.10. The van der Waals surface area contributed by atoms with Gasteiger partial charge in [0.25, 0.3) is 0 Å². The molecule has 5 nitrogen and oxygen atoms in total. The fraction of sp³-hybridized carbons (Fsp3) is 0.462. The van der Waals surface area contributed by atoms with E-state index in [0.29, 0.717) is 35.5 Å². The molecule has 0 fully saturated rings. The summed E-state index contributed by atoms with van der Waals surface area (Å²) in [4.78, 5) is 0. The summed E-state index contributed by atoms with van der Waals surface area (Å²) in [6.07, 6.45) is 0. The van der Waals surface area contributed by atoms with E-state index in [1.807, 2.05) is 0 Å². The number of benzene rings is 1. The van der Waals surface area contributed by atoms with Crippen LogP contribution in [0.2, 0.25) is 0 Å². The van der Waals surface area contributed by atoms with E-state index in [2.05, 4.69) is 36.3 Å². The lowest BCUT2D eigenvalue weighted by molar-refractivity contribution is 0.347. The van der Waals surface area contributed by atoms with Crippen LogP contribution >= 0.6 is 0 Å². The zero-order chi connectivity index (χ0) is 14.0. The molecule has 2 rings (SSSR count). The molecule has 0 aliphatic carbocycles. The van der Waals surface area contributed by atoms with Crippen molar-refractivity contribution in [1.82, 2.24) is 20.2 Å². The van der Waals surface area contributed by atoms with E-state index in [4.69, 9.17) is 5.73 Å². The lowest BCUT2D eigenvalue weighted by Crippen LogP contribution is -2.15. The Morgan fingerprint density at radius 1 is 1.26 bits per heavy atom. The van der Waals surface area contributed by atoms with Crippen molar-refractivity contribution in [2.45, 2.75) is 27.3 Å². The molecule has 0 spiro atoms. The van der Waals surface area contributed by atoms with Gasteiger partial charge in [-0.25, -0.2) is 9.07 Å². The first kappa shape index (κ1) is 13.5. The number of tetrazole rings is 1. The number of halogens is 1. The summed E-state index contributed by atoms with van der Waals surface area (Å²) in [5, 5.41) is 11.6. The highest BCUT2D eigenvalue weighted by Crippen LogP contribution is 2.22. The van der Waals surface area contributed by atoms with Crippen LogP contribution in [0.4, 0.5) is 10.1 Å². The minimum Gasteiger partial charge on any atom is -0.399 e. The van der Waals surface area contributed by atoms with Gasteiger partial charge < -0.3 is 5.73 Å². The maximum absolute atomic E-state index is 13.4. The van der Waals surface area contributed by atoms with E-state index in [1.165, 1.54) is 12.1 Å². The number of hydrogen-bond donors (Lipinski definition) is 1. The number of nitrogens with two attached hydrogens (primary N) is 1. The fourth-order valence-corrected chi connectivity index (χ4v) is 1.76. The summed E-state index contributed by atoms with van der Waals surface area (Å²) in [6, 6.07) is 4.33. The van der Waals surface area contributed by atoms with Crippen LogP contribution < -0.4 is 5.73 Å². The van der Waals surface area contributed by atoms with Crippen LogP contribution in [0.3, 0.4) is 0 Å². The second kappa shape index (κ2) is 5.34. The standard InChI is InChI=1S/C13H18FN5/c1-8(2)9(3)7-19-13(16-17-18-19)10-4-11(14)6-12(15)5-10/h4-6,8-9H,7,15H2,1-3H3. The highest BCUT2D eigenvalue weighted by molar-refractivity contribution is 5.61. The number of nitrogens with zero attached hydrogens (tertiary/aromatic N) is 4. The summed E-state index contributed by atoms with van der Waals surface area (Å²) in [6.45, 7) is 7.12. The number of aromatic nitrogens is 4. The van der Waals surface area contributed by atoms with Crippen molar-refractivity contribution in [1.29, 1.82) is 0 Å². The van der Waals surface area contributed by atoms with Crippen LogP contribution in [0.25, 0.3) is 11.4 Å². The van der Waals surface area contributed by atoms with Gasteiger partial charge in [0.05, 0.1) is 0 Å². The molecule has 0 aliphatic heterocycles. The minimum atomic E-state index is -0.388. The van der Waals surface area contributed by atoms with Crippen molar-refractivity contribution in [2.24, 2.45) is 11.8 Å². The summed E-state index contributed by atoms with van der Waals surface area (Å²) in [5.41, 5.74) is 6.61. The Labute approximate surface area is 111 Å². The molecule has 1 aromatic carbocycles. The predicted octanol–water partition coefficient (Wildman–Crippen LogP) is 2.35. The van der Waals surface area contributed by atoms with Gasteiger partial charge in [-0.3, -0.25) is 0 Å². The minimum absolute atomic E-state index is 0.362. The predicted molar refractivity (Wildman–Crippen MR) is 71.6 cm³/mol. The highest BCUT2D eigenvalue weighted by atomic mass is 19.1. The highest BCUT2D eigenvalue weighted by Gasteiger charge is 2.15. The van der Waals surface area contributed by atoms with Gasteiger partial charge in [-0.15, -0.1) is 5.10 Å². The molecular formula is C13H18FN5. The Balaban J connectivity index is 2.33. The van der Waals surface area contributed by atoms with E-state index in [1.54, 1.807) is 10.7 Å². The molecule has 2 N–H and O–H groups in total. The van der Waals surface area contributed by atoms with Gasteiger partial charge in [0.1, 0.15) is 5.82 Å². The molecule has 0 saturated heterocycles. The molecule has 1 aromatic heterocycles. The van der Waals surface area contributed by atoms with E-state index in [0.717, 1.165) is 0 Å². The molecule has 19 heavy (non-hydrogen) atoms. The Morgan fingerprint density at radius 2 is 2.00 bits per heavy atom. The van der Waals surface area contributed by atoms with E-state index in [9.17, 15) is 4.39 Å². The molecule has 1 heterocycles. The van der Waals surface area contributed by atoms with E-state index in [-0.39, 0.29) is 5.82 Å². The Bertz CT molecular complexity index is 544. The summed E-state index contributed by atoms with van der Waals surface area (Å²) >= 11 is 0. The zero-order valence-electron chi connectivity index (χ0n) is 11.3. The molecule has 2 aromatic rings. The number of rotatable bonds is 4. The van der Waals surface area contributed by atoms with Crippen LogP contribution in [-0.2, 0) is 6.54 Å². The maximum atomic E-state index is 13.4. The van der Waals surface area contributed by atoms with Crippen LogP contribution in [0.15, 0.2) is 18.2 Å². The quantitative estimate of drug-likeness (QED) is 0.860. The molecule has 0 saturated carbocycles. The molecule has 6 heteroatoms. The molecule has 1 unspecified atom stereocenters. The van der Waals surface area contributed by atoms with E-state index >= 15 is 0 Å². The summed E-state index contributed by atoms with van der Waals surface area (Å²) in [7, 11) is 0. The lowest BCUT2D eigenvalue weighted by atomic mass is 9.98. The smallest absolute Gasteiger partial charge is 0.182 e. The molecule has 0 radical (unpaired) electrons. The van der Waals surface area contributed by atoms with Gasteiger partial charge in [0.2, 0.25) is 0 Å². The van der Waals surface area contributed by atoms with Gasteiger partial charge in [0, 0.05) is 17.8 Å². The van der Waals surface area contributed by atoms with E-state index < -0.39 is 0 Å². The zero-order valence-corrected chi connectivity index (χ0v) is 11.3. The number of anilines is 1. The molecular weight excluding hydrogens is 245 g/mol. The summed E-state index contributed by atoms with van der Waals surface area (Å²) < 4.78 is 15.1. The lowest BCUT2D eigenvalue weighted by Gasteiger charge is -2.15. The van der Waals surface area contributed by atoms with Crippen molar-refractivity contribution in [3.05, 3.63) is 24.0 Å². The van der Waals surface area contributed by atoms with Crippen molar-refractivity contribution in [3.63, 3.8) is 0 Å². The molecule has 102 valence electrons. The van der Waals surface area contributed by atoms with Crippen LogP contribution in [-0.4, -0.2) is 20.2 Å². The molecule has 0 bridgehead atoms. The Morgan fingerprint density at radius 3 is 2.63 bits per heavy atom. The monoisotopic (exact) mass is 263 g/mol. The van der Waals surface area contributed by atoms with Crippen molar-refractivity contribution < 1.29 is 4.39 Å². The molecule has 0 amide bonds. The van der Waals surface area contributed by atoms with Gasteiger partial charge in [0.15, 0.2) is 5.82 Å². The van der Waals surface area contributed by atoms with Crippen LogP contribution in [0.5, 0.6) is 0 Å². The van der Waals surface area contributed by atoms with Gasteiger partial charge >= 0.3 is 0 Å². The maximum Gasteiger partial charge on any atom is 0.182 e. The Kier molecular flexibility index (Phi) is 3.78. The first-order chi connectivity index (χ1) is 8.97. The van der Waals surface area contributed by atoms with Crippen LogP contribution in [0.1, 0.15) is 20.8 Å². The number of hydrogen-bond acceptors (Lipinski definition) is 4. The van der Waals surface area contributed by atoms with Gasteiger partial charge in [-0.1, -0.05) is 20.8 Å². The molecule has 0 aliphatic rings. The average molecular weight is 263 g/mol. The first-order valence-electron chi connectivity index (χ1n) is 6.30. The van der Waals surface area contributed by atoms with Gasteiger partial charge in [-0.2, -0.15) is 0 Å². The first-order valence-corrected chi connectivity index (χ1v) is 6.30.